The molecule has 0 amide bonds. The summed E-state index contributed by atoms with van der Waals surface area (Å²) in [6.07, 6.45) is 0. The van der Waals surface area contributed by atoms with Crippen LogP contribution in [0.2, 0.25) is 0 Å². The van der Waals surface area contributed by atoms with Crippen LogP contribution in [-0.4, -0.2) is 20.4 Å². The maximum Gasteiger partial charge on any atom is 0.252 e. The molecule has 0 bridgehead atoms. The van der Waals surface area contributed by atoms with Gasteiger partial charge in [-0.15, -0.1) is 0 Å². The summed E-state index contributed by atoms with van der Waals surface area (Å²) < 4.78 is 7.64. The molecule has 0 saturated heterocycles. The maximum atomic E-state index is 2.76. The van der Waals surface area contributed by atoms with Crippen molar-refractivity contribution >= 4 is 123 Å². The molecule has 15 aromatic carbocycles. The van der Waals surface area contributed by atoms with Crippen LogP contribution >= 0.6 is 0 Å². The molecule has 0 spiro atoms. The zero-order valence-electron chi connectivity index (χ0n) is 59.1. The highest BCUT2D eigenvalue weighted by molar-refractivity contribution is 7.00. The van der Waals surface area contributed by atoms with Crippen LogP contribution < -0.4 is 26.2 Å². The lowest BCUT2D eigenvalue weighted by molar-refractivity contribution is 0.568. The van der Waals surface area contributed by atoms with E-state index in [0.29, 0.717) is 0 Å². The van der Waals surface area contributed by atoms with E-state index in [1.807, 2.05) is 0 Å². The highest BCUT2D eigenvalue weighted by Crippen LogP contribution is 2.56. The van der Waals surface area contributed by atoms with Crippen LogP contribution in [0.4, 0.5) is 34.1 Å². The molecule has 0 N–H and O–H groups in total. The topological polar surface area (TPSA) is 21.3 Å². The van der Waals surface area contributed by atoms with Gasteiger partial charge in [-0.25, -0.2) is 0 Å². The van der Waals surface area contributed by atoms with E-state index in [1.54, 1.807) is 0 Å². The fourth-order valence-electron chi connectivity index (χ4n) is 17.5. The minimum Gasteiger partial charge on any atom is -0.310 e. The molecule has 0 aliphatic carbocycles. The Hall–Kier alpha value is -12.6. The monoisotopic (exact) mass is 1330 g/mol. The predicted molar refractivity (Wildman–Crippen MR) is 443 cm³/mol. The average molecular weight is 1330 g/mol. The normalized spacial score (nSPS) is 12.8. The van der Waals surface area contributed by atoms with Gasteiger partial charge in [0, 0.05) is 83.0 Å². The van der Waals surface area contributed by atoms with Crippen LogP contribution in [0.1, 0.15) is 52.7 Å². The van der Waals surface area contributed by atoms with E-state index in [9.17, 15) is 0 Å². The first-order valence-corrected chi connectivity index (χ1v) is 36.5. The number of aromatic nitrogens is 3. The third kappa shape index (κ3) is 9.41. The van der Waals surface area contributed by atoms with E-state index < -0.39 is 0 Å². The molecule has 494 valence electrons. The highest BCUT2D eigenvalue weighted by Gasteiger charge is 2.47. The molecule has 104 heavy (non-hydrogen) atoms. The van der Waals surface area contributed by atoms with Crippen molar-refractivity contribution in [1.82, 2.24) is 13.7 Å². The average Bonchev–Trinajstić information content (AvgIpc) is 1.09. The number of rotatable bonds is 9. The van der Waals surface area contributed by atoms with Crippen LogP contribution in [0.25, 0.3) is 127 Å². The van der Waals surface area contributed by atoms with Crippen molar-refractivity contribution in [2.45, 2.75) is 52.4 Å². The highest BCUT2D eigenvalue weighted by atomic mass is 15.2. The Kier molecular flexibility index (Phi) is 13.8. The molecule has 3 aromatic heterocycles. The van der Waals surface area contributed by atoms with Gasteiger partial charge in [0.25, 0.3) is 6.71 Å². The Bertz CT molecular complexity index is 6250. The number of para-hydroxylation sites is 7. The van der Waals surface area contributed by atoms with Crippen LogP contribution in [0.3, 0.4) is 0 Å². The minimum absolute atomic E-state index is 0.123. The van der Waals surface area contributed by atoms with Gasteiger partial charge < -0.3 is 23.5 Å². The van der Waals surface area contributed by atoms with Crippen molar-refractivity contribution in [1.29, 1.82) is 0 Å². The summed E-state index contributed by atoms with van der Waals surface area (Å²) in [5.74, 6) is 0. The Labute approximate surface area is 607 Å². The van der Waals surface area contributed by atoms with Crippen LogP contribution in [0, 0.1) is 0 Å². The standard InChI is InChI=1S/C98H74BN5/c1-97(2,3)67-57-68(98(4,5)6)59-70(58-67)102-87-52-28-23-43-80(87)92-88(102)56-55-82-96(92)104(95-74(65-35-15-9-16-36-65)46-30-47-75(95)66-37-17-10-18-38-66)91-62-71(101-85-50-26-21-41-78(85)79-42-22-27-51-86(79)101)61-90-93(91)99(82)81-54-53-69(100-83-48-24-19-39-76(83)77-40-20-25-49-84(77)100)60-89(81)103(90)94-72(63-31-11-7-12-32-63)44-29-45-73(94)64-33-13-8-14-34-64/h7-62H,1-6H3. The fourth-order valence-corrected chi connectivity index (χ4v) is 17.5. The van der Waals surface area contributed by atoms with E-state index in [1.165, 1.54) is 59.8 Å². The van der Waals surface area contributed by atoms with Crippen molar-refractivity contribution in [3.8, 4) is 61.6 Å². The summed E-state index contributed by atoms with van der Waals surface area (Å²) in [4.78, 5) is 5.46. The van der Waals surface area contributed by atoms with Crippen molar-refractivity contribution < 1.29 is 0 Å². The quantitative estimate of drug-likeness (QED) is 0.134. The Morgan fingerprint density at radius 1 is 0.240 bits per heavy atom. The summed E-state index contributed by atoms with van der Waals surface area (Å²) in [5, 5.41) is 7.23. The summed E-state index contributed by atoms with van der Waals surface area (Å²) in [6.45, 7) is 13.8. The molecule has 0 atom stereocenters. The Morgan fingerprint density at radius 2 is 0.577 bits per heavy atom. The molecule has 5 heterocycles. The van der Waals surface area contributed by atoms with E-state index in [0.717, 1.165) is 129 Å². The van der Waals surface area contributed by atoms with Gasteiger partial charge in [-0.3, -0.25) is 0 Å². The zero-order chi connectivity index (χ0) is 69.7. The minimum atomic E-state index is -0.298. The summed E-state index contributed by atoms with van der Waals surface area (Å²) in [7, 11) is 0. The molecule has 2 aliphatic rings. The van der Waals surface area contributed by atoms with E-state index in [4.69, 9.17) is 0 Å². The van der Waals surface area contributed by atoms with Gasteiger partial charge in [-0.1, -0.05) is 308 Å². The number of hydrogen-bond donors (Lipinski definition) is 0. The molecular weight excluding hydrogens is 1260 g/mol. The number of fused-ring (bicyclic) bond motifs is 14. The van der Waals surface area contributed by atoms with E-state index >= 15 is 0 Å². The molecule has 2 aliphatic heterocycles. The second-order valence-electron chi connectivity index (χ2n) is 30.4. The van der Waals surface area contributed by atoms with Crippen molar-refractivity contribution in [2.24, 2.45) is 0 Å². The molecule has 0 unspecified atom stereocenters. The third-order valence-electron chi connectivity index (χ3n) is 22.3. The van der Waals surface area contributed by atoms with Gasteiger partial charge in [0.1, 0.15) is 0 Å². The molecule has 0 saturated carbocycles. The van der Waals surface area contributed by atoms with Gasteiger partial charge in [0.05, 0.1) is 55.8 Å². The van der Waals surface area contributed by atoms with E-state index in [-0.39, 0.29) is 17.5 Å². The molecule has 0 radical (unpaired) electrons. The molecule has 18 aromatic rings. The SMILES string of the molecule is CC(C)(C)c1cc(-n2c3ccccc3c3c4c(ccc32)B2c3ccc(-n5c6ccccc6c6ccccc65)cc3N(c3c(-c5ccccc5)cccc3-c3ccccc3)c3cc(-n5c6ccccc6c6ccccc65)cc(c32)N4c2c(-c3ccccc3)cccc2-c2ccccc2)cc(C(C)(C)C)c1. The first-order chi connectivity index (χ1) is 50.9. The third-order valence-corrected chi connectivity index (χ3v) is 22.3. The van der Waals surface area contributed by atoms with Crippen LogP contribution in [0.15, 0.2) is 340 Å². The Balaban J connectivity index is 1.01. The van der Waals surface area contributed by atoms with Crippen molar-refractivity contribution in [3.05, 3.63) is 351 Å². The number of hydrogen-bond acceptors (Lipinski definition) is 2. The predicted octanol–water partition coefficient (Wildman–Crippen LogP) is 24.3. The summed E-state index contributed by atoms with van der Waals surface area (Å²) in [5.41, 5.74) is 31.9. The first-order valence-electron chi connectivity index (χ1n) is 36.5. The Morgan fingerprint density at radius 3 is 1.01 bits per heavy atom. The van der Waals surface area contributed by atoms with Gasteiger partial charge in [-0.2, -0.15) is 0 Å². The van der Waals surface area contributed by atoms with Gasteiger partial charge >= 0.3 is 0 Å². The number of nitrogens with zero attached hydrogens (tertiary/aromatic N) is 5. The molecule has 6 heteroatoms. The summed E-state index contributed by atoms with van der Waals surface area (Å²) in [6, 6.07) is 128. The second-order valence-corrected chi connectivity index (χ2v) is 30.4. The first kappa shape index (κ1) is 61.3. The van der Waals surface area contributed by atoms with Crippen molar-refractivity contribution in [3.63, 3.8) is 0 Å². The fraction of sp³-hybridized carbons (Fsp3) is 0.0816. The summed E-state index contributed by atoms with van der Waals surface area (Å²) >= 11 is 0. The lowest BCUT2D eigenvalue weighted by Gasteiger charge is -2.46. The van der Waals surface area contributed by atoms with Crippen LogP contribution in [-0.2, 0) is 10.8 Å². The zero-order valence-corrected chi connectivity index (χ0v) is 59.1. The molecule has 20 rings (SSSR count). The lowest BCUT2D eigenvalue weighted by atomic mass is 9.33. The maximum absolute atomic E-state index is 2.76. The smallest absolute Gasteiger partial charge is 0.252 e. The molecule has 5 nitrogen and oxygen atoms in total. The van der Waals surface area contributed by atoms with Gasteiger partial charge in [-0.05, 0) is 133 Å². The molecular formula is C98H74BN5. The number of anilines is 6. The molecule has 0 fully saturated rings. The van der Waals surface area contributed by atoms with Crippen LogP contribution in [0.5, 0.6) is 0 Å². The lowest BCUT2D eigenvalue weighted by Crippen LogP contribution is -2.61. The number of benzene rings is 15. The van der Waals surface area contributed by atoms with E-state index in [2.05, 4.69) is 405 Å². The van der Waals surface area contributed by atoms with Gasteiger partial charge in [0.15, 0.2) is 0 Å². The largest absolute Gasteiger partial charge is 0.310 e. The second kappa shape index (κ2) is 23.5. The van der Waals surface area contributed by atoms with Gasteiger partial charge in [0.2, 0.25) is 0 Å². The van der Waals surface area contributed by atoms with Crippen molar-refractivity contribution in [2.75, 3.05) is 9.80 Å².